The van der Waals surface area contributed by atoms with Crippen molar-refractivity contribution in [2.24, 2.45) is 5.92 Å². The van der Waals surface area contributed by atoms with Crippen LogP contribution >= 0.6 is 23.2 Å². The second kappa shape index (κ2) is 8.83. The van der Waals surface area contributed by atoms with Gasteiger partial charge < -0.3 is 9.64 Å². The minimum Gasteiger partial charge on any atom is -0.426 e. The molecular weight excluding hydrogens is 491 g/mol. The van der Waals surface area contributed by atoms with E-state index in [-0.39, 0.29) is 24.6 Å². The van der Waals surface area contributed by atoms with Gasteiger partial charge in [0.2, 0.25) is 5.91 Å². The minimum atomic E-state index is -0.686. The van der Waals surface area contributed by atoms with Crippen molar-refractivity contribution in [3.63, 3.8) is 0 Å². The Morgan fingerprint density at radius 1 is 0.914 bits per heavy atom. The van der Waals surface area contributed by atoms with Gasteiger partial charge in [0.1, 0.15) is 5.75 Å². The van der Waals surface area contributed by atoms with Gasteiger partial charge in [0, 0.05) is 18.0 Å². The number of nitrogens with zero attached hydrogens (tertiary/aromatic N) is 2. The van der Waals surface area contributed by atoms with Crippen LogP contribution in [0.3, 0.4) is 0 Å². The van der Waals surface area contributed by atoms with E-state index in [9.17, 15) is 19.2 Å². The molecule has 1 saturated heterocycles. The Labute approximate surface area is 210 Å². The summed E-state index contributed by atoms with van der Waals surface area (Å²) < 4.78 is 5.53. The number of halogens is 2. The van der Waals surface area contributed by atoms with Crippen molar-refractivity contribution >= 4 is 58.3 Å². The van der Waals surface area contributed by atoms with Crippen LogP contribution in [0.2, 0.25) is 10.0 Å². The van der Waals surface area contributed by atoms with E-state index in [1.165, 1.54) is 11.0 Å². The molecule has 1 fully saturated rings. The average molecular weight is 509 g/mol. The molecule has 3 aromatic carbocycles. The highest BCUT2D eigenvalue weighted by Gasteiger charge is 2.38. The molecule has 7 nitrogen and oxygen atoms in total. The molecule has 0 bridgehead atoms. The molecule has 0 N–H and O–H groups in total. The lowest BCUT2D eigenvalue weighted by molar-refractivity contribution is -0.139. The zero-order valence-electron chi connectivity index (χ0n) is 18.5. The Kier molecular flexibility index (Phi) is 5.83. The fraction of sp³-hybridized carbons (Fsp3) is 0.154. The standard InChI is InChI=1S/C26H18Cl2N2O5/c1-14-10-17(7-9-21(14)30-24(32)18-4-2-3-5-19(18)25(30)33)35-26(34)15-11-23(31)29(13-15)22-12-16(27)6-8-20(22)28/h2-10,12,15H,11,13H2,1H3/t15-/m1/s1. The third-order valence-corrected chi connectivity index (χ3v) is 6.63. The Morgan fingerprint density at radius 2 is 1.60 bits per heavy atom. The molecule has 0 aliphatic carbocycles. The molecule has 0 saturated carbocycles. The van der Waals surface area contributed by atoms with Crippen LogP contribution in [0.5, 0.6) is 5.75 Å². The Bertz CT molecular complexity index is 1390. The number of esters is 1. The van der Waals surface area contributed by atoms with Crippen molar-refractivity contribution in [2.45, 2.75) is 13.3 Å². The van der Waals surface area contributed by atoms with Gasteiger partial charge in [0.05, 0.1) is 33.4 Å². The maximum absolute atomic E-state index is 12.8. The first-order valence-electron chi connectivity index (χ1n) is 10.8. The van der Waals surface area contributed by atoms with Crippen molar-refractivity contribution in [1.82, 2.24) is 0 Å². The molecule has 0 unspecified atom stereocenters. The molecule has 3 amide bonds. The second-order valence-electron chi connectivity index (χ2n) is 8.36. The molecule has 5 rings (SSSR count). The van der Waals surface area contributed by atoms with Gasteiger partial charge in [0.15, 0.2) is 0 Å². The maximum atomic E-state index is 12.8. The summed E-state index contributed by atoms with van der Waals surface area (Å²) in [6.07, 6.45) is -0.0201. The van der Waals surface area contributed by atoms with Gasteiger partial charge in [-0.05, 0) is 61.0 Å². The summed E-state index contributed by atoms with van der Waals surface area (Å²) in [6.45, 7) is 1.84. The first-order valence-corrected chi connectivity index (χ1v) is 11.6. The van der Waals surface area contributed by atoms with E-state index in [4.69, 9.17) is 27.9 Å². The lowest BCUT2D eigenvalue weighted by Gasteiger charge is -2.19. The normalized spacial score (nSPS) is 17.2. The molecule has 0 aromatic heterocycles. The first kappa shape index (κ1) is 23.1. The lowest BCUT2D eigenvalue weighted by Crippen LogP contribution is -2.30. The maximum Gasteiger partial charge on any atom is 0.316 e. The number of ether oxygens (including phenoxy) is 1. The summed E-state index contributed by atoms with van der Waals surface area (Å²) in [5.41, 5.74) is 2.14. The highest BCUT2D eigenvalue weighted by atomic mass is 35.5. The van der Waals surface area contributed by atoms with Crippen LogP contribution in [-0.4, -0.2) is 30.2 Å². The predicted molar refractivity (Wildman–Crippen MR) is 131 cm³/mol. The van der Waals surface area contributed by atoms with Gasteiger partial charge in [0.25, 0.3) is 11.8 Å². The van der Waals surface area contributed by atoms with Crippen LogP contribution in [0, 0.1) is 12.8 Å². The summed E-state index contributed by atoms with van der Waals surface area (Å²) in [6, 6.07) is 16.1. The van der Waals surface area contributed by atoms with Crippen LogP contribution in [0.25, 0.3) is 0 Å². The van der Waals surface area contributed by atoms with Crippen LogP contribution in [0.15, 0.2) is 60.7 Å². The van der Waals surface area contributed by atoms with Crippen molar-refractivity contribution in [2.75, 3.05) is 16.3 Å². The topological polar surface area (TPSA) is 84.0 Å². The highest BCUT2D eigenvalue weighted by Crippen LogP contribution is 2.35. The number of imide groups is 1. The molecule has 3 aromatic rings. The number of hydrogen-bond acceptors (Lipinski definition) is 5. The van der Waals surface area contributed by atoms with Crippen LogP contribution in [0.1, 0.15) is 32.7 Å². The van der Waals surface area contributed by atoms with E-state index in [1.54, 1.807) is 61.5 Å². The fourth-order valence-corrected chi connectivity index (χ4v) is 4.73. The largest absolute Gasteiger partial charge is 0.426 e. The van der Waals surface area contributed by atoms with Crippen molar-refractivity contribution in [3.05, 3.63) is 87.4 Å². The van der Waals surface area contributed by atoms with Crippen LogP contribution < -0.4 is 14.5 Å². The average Bonchev–Trinajstić information content (AvgIpc) is 3.34. The van der Waals surface area contributed by atoms with Crippen LogP contribution in [-0.2, 0) is 9.59 Å². The van der Waals surface area contributed by atoms with Gasteiger partial charge in [-0.3, -0.25) is 19.2 Å². The number of aryl methyl sites for hydroxylation is 1. The first-order chi connectivity index (χ1) is 16.7. The second-order valence-corrected chi connectivity index (χ2v) is 9.21. The molecule has 35 heavy (non-hydrogen) atoms. The van der Waals surface area contributed by atoms with E-state index < -0.39 is 23.7 Å². The quantitative estimate of drug-likeness (QED) is 0.279. The third-order valence-electron chi connectivity index (χ3n) is 6.08. The van der Waals surface area contributed by atoms with Crippen molar-refractivity contribution < 1.29 is 23.9 Å². The summed E-state index contributed by atoms with van der Waals surface area (Å²) in [5.74, 6) is -2.06. The summed E-state index contributed by atoms with van der Waals surface area (Å²) >= 11 is 12.2. The van der Waals surface area contributed by atoms with E-state index >= 15 is 0 Å². The molecule has 2 heterocycles. The van der Waals surface area contributed by atoms with E-state index in [0.29, 0.717) is 38.1 Å². The lowest BCUT2D eigenvalue weighted by atomic mass is 10.1. The van der Waals surface area contributed by atoms with E-state index in [1.807, 2.05) is 0 Å². The fourth-order valence-electron chi connectivity index (χ4n) is 4.34. The number of carbonyl (C=O) groups excluding carboxylic acids is 4. The molecule has 176 valence electrons. The van der Waals surface area contributed by atoms with Gasteiger partial charge in [-0.1, -0.05) is 35.3 Å². The van der Waals surface area contributed by atoms with Crippen LogP contribution in [0.4, 0.5) is 11.4 Å². The van der Waals surface area contributed by atoms with Crippen molar-refractivity contribution in [1.29, 1.82) is 0 Å². The zero-order valence-corrected chi connectivity index (χ0v) is 20.0. The van der Waals surface area contributed by atoms with Gasteiger partial charge in [-0.15, -0.1) is 0 Å². The summed E-state index contributed by atoms with van der Waals surface area (Å²) in [5, 5.41) is 0.785. The van der Waals surface area contributed by atoms with E-state index in [0.717, 1.165) is 4.90 Å². The van der Waals surface area contributed by atoms with Crippen molar-refractivity contribution in [3.8, 4) is 5.75 Å². The minimum absolute atomic E-state index is 0.0201. The third kappa shape index (κ3) is 4.07. The molecule has 1 atom stereocenters. The molecule has 0 spiro atoms. The summed E-state index contributed by atoms with van der Waals surface area (Å²) in [4.78, 5) is 53.5. The highest BCUT2D eigenvalue weighted by molar-refractivity contribution is 6.36. The van der Waals surface area contributed by atoms with Gasteiger partial charge in [-0.2, -0.15) is 0 Å². The Morgan fingerprint density at radius 3 is 2.26 bits per heavy atom. The smallest absolute Gasteiger partial charge is 0.316 e. The molecular formula is C26H18Cl2N2O5. The molecule has 0 radical (unpaired) electrons. The zero-order chi connectivity index (χ0) is 24.9. The SMILES string of the molecule is Cc1cc(OC(=O)[C@@H]2CC(=O)N(c3cc(Cl)ccc3Cl)C2)ccc1N1C(=O)c2ccccc2C1=O. The number of benzene rings is 3. The summed E-state index contributed by atoms with van der Waals surface area (Å²) in [7, 11) is 0. The van der Waals surface area contributed by atoms with E-state index in [2.05, 4.69) is 0 Å². The predicted octanol–water partition coefficient (Wildman–Crippen LogP) is 5.06. The number of rotatable bonds is 4. The molecule has 2 aliphatic heterocycles. The number of hydrogen-bond donors (Lipinski definition) is 0. The monoisotopic (exact) mass is 508 g/mol. The number of fused-ring (bicyclic) bond motifs is 1. The van der Waals surface area contributed by atoms with Gasteiger partial charge in [-0.25, -0.2) is 4.90 Å². The Hall–Kier alpha value is -3.68. The number of amides is 3. The number of anilines is 2. The Balaban J connectivity index is 1.31. The molecule has 9 heteroatoms. The van der Waals surface area contributed by atoms with Gasteiger partial charge >= 0.3 is 5.97 Å². The molecule has 2 aliphatic rings. The number of carbonyl (C=O) groups is 4.